The zero-order valence-corrected chi connectivity index (χ0v) is 48.2. The fraction of sp³-hybridized carbons (Fsp3) is 0.947. The largest absolute Gasteiger partial charge is 0.464 e. The summed E-state index contributed by atoms with van der Waals surface area (Å²) in [6.45, 7) is 20.2. The third-order valence-corrected chi connectivity index (χ3v) is 13.3. The van der Waals surface area contributed by atoms with Crippen LogP contribution in [-0.2, 0) is 57.0 Å². The molecule has 1 rings (SSSR count). The Balaban J connectivity index is 2.50. The first kappa shape index (κ1) is 70.9. The maximum Gasteiger partial charge on any atom is 0.336 e. The van der Waals surface area contributed by atoms with Gasteiger partial charge in [-0.05, 0) is 97.8 Å². The molecule has 0 saturated carbocycles. The summed E-state index contributed by atoms with van der Waals surface area (Å²) in [5, 5.41) is 32.5. The van der Waals surface area contributed by atoms with Crippen LogP contribution in [0.3, 0.4) is 0 Å². The van der Waals surface area contributed by atoms with Crippen LogP contribution in [0, 0.1) is 0 Å². The summed E-state index contributed by atoms with van der Waals surface area (Å²) >= 11 is 0. The van der Waals surface area contributed by atoms with E-state index in [-0.39, 0.29) is 58.3 Å². The van der Waals surface area contributed by atoms with Crippen molar-refractivity contribution in [2.45, 2.75) is 233 Å². The van der Waals surface area contributed by atoms with Crippen LogP contribution in [0.25, 0.3) is 0 Å². The Morgan fingerprint density at radius 1 is 0.387 bits per heavy atom. The molecular weight excluding hydrogens is 967 g/mol. The molecule has 0 aliphatic carbocycles. The topological polar surface area (TPSA) is 205 Å². The number of unbranched alkanes of at least 4 members (excludes halogenated alkanes) is 18. The minimum atomic E-state index is -1.48. The van der Waals surface area contributed by atoms with Crippen LogP contribution >= 0.6 is 0 Å². The van der Waals surface area contributed by atoms with Gasteiger partial charge in [-0.3, -0.25) is 14.7 Å². The molecule has 0 bridgehead atoms. The summed E-state index contributed by atoms with van der Waals surface area (Å²) in [6, 6.07) is 0. The zero-order valence-electron chi connectivity index (χ0n) is 48.2. The van der Waals surface area contributed by atoms with Gasteiger partial charge in [0, 0.05) is 98.5 Å². The van der Waals surface area contributed by atoms with E-state index >= 15 is 0 Å². The Bertz CT molecular complexity index is 1260. The molecule has 18 heteroatoms. The number of hydrogen-bond acceptors (Lipinski definition) is 18. The van der Waals surface area contributed by atoms with Gasteiger partial charge < -0.3 is 58.0 Å². The number of aliphatic hydroxyl groups is 3. The Labute approximate surface area is 454 Å². The first-order valence-corrected chi connectivity index (χ1v) is 29.8. The molecule has 0 aromatic rings. The van der Waals surface area contributed by atoms with Crippen LogP contribution in [0.4, 0.5) is 0 Å². The van der Waals surface area contributed by atoms with Gasteiger partial charge in [-0.1, -0.05) is 97.8 Å². The first-order valence-electron chi connectivity index (χ1n) is 29.8. The Morgan fingerprint density at radius 2 is 0.653 bits per heavy atom. The number of ether oxygens (including phenoxy) is 9. The average molecular weight is 1080 g/mol. The molecule has 1 aliphatic rings. The molecule has 0 aromatic carbocycles. The number of hydrogen-bond donors (Lipinski definition) is 3. The SMILES string of the molecule is CCCCCCOC(C)OCCCCCCOC(=O)C(O)CN1CCN(CCN(CC(O)C(=O)OCCCCCCOC(C)OCCCCCC)CC(O)C(=O)OCCCCCCOC(C)OCCCCCC)CC1. The number of esters is 3. The van der Waals surface area contributed by atoms with Gasteiger partial charge in [0.2, 0.25) is 0 Å². The Kier molecular flexibility index (Phi) is 47.5. The highest BCUT2D eigenvalue weighted by Gasteiger charge is 2.28. The van der Waals surface area contributed by atoms with Crippen LogP contribution in [0.5, 0.6) is 0 Å². The quantitative estimate of drug-likeness (QED) is 0.0227. The van der Waals surface area contributed by atoms with Crippen LogP contribution in [0.15, 0.2) is 0 Å². The van der Waals surface area contributed by atoms with Gasteiger partial charge in [0.1, 0.15) is 0 Å². The van der Waals surface area contributed by atoms with Crippen LogP contribution in [0.1, 0.15) is 196 Å². The number of carbonyl (C=O) groups is 3. The summed E-state index contributed by atoms with van der Waals surface area (Å²) in [7, 11) is 0. The molecule has 0 amide bonds. The van der Waals surface area contributed by atoms with E-state index in [1.165, 1.54) is 57.8 Å². The lowest BCUT2D eigenvalue weighted by Gasteiger charge is -2.36. The van der Waals surface area contributed by atoms with Gasteiger partial charge in [0.25, 0.3) is 0 Å². The molecule has 1 saturated heterocycles. The lowest BCUT2D eigenvalue weighted by atomic mass is 10.2. The molecule has 3 N–H and O–H groups in total. The predicted octanol–water partition coefficient (Wildman–Crippen LogP) is 8.18. The van der Waals surface area contributed by atoms with Gasteiger partial charge in [-0.15, -0.1) is 0 Å². The minimum Gasteiger partial charge on any atom is -0.464 e. The number of β-amino-alcohol motifs (C(OH)–C–C–N with tert-alkyl or cyclic N) is 1. The highest BCUT2D eigenvalue weighted by Crippen LogP contribution is 2.11. The minimum absolute atomic E-state index is 0.138. The second-order valence-electron chi connectivity index (χ2n) is 20.3. The molecule has 75 heavy (non-hydrogen) atoms. The molecule has 18 nitrogen and oxygen atoms in total. The van der Waals surface area contributed by atoms with Crippen molar-refractivity contribution in [1.29, 1.82) is 0 Å². The van der Waals surface area contributed by atoms with Crippen LogP contribution < -0.4 is 0 Å². The van der Waals surface area contributed by atoms with E-state index in [0.29, 0.717) is 91.6 Å². The molecule has 1 fully saturated rings. The highest BCUT2D eigenvalue weighted by molar-refractivity contribution is 5.75. The van der Waals surface area contributed by atoms with Gasteiger partial charge in [-0.25, -0.2) is 14.4 Å². The van der Waals surface area contributed by atoms with Crippen molar-refractivity contribution in [3.63, 3.8) is 0 Å². The summed E-state index contributed by atoms with van der Waals surface area (Å²) in [5.41, 5.74) is 0. The third-order valence-electron chi connectivity index (χ3n) is 13.3. The van der Waals surface area contributed by atoms with E-state index in [2.05, 4.69) is 25.7 Å². The maximum atomic E-state index is 12.9. The highest BCUT2D eigenvalue weighted by atomic mass is 16.7. The number of aliphatic hydroxyl groups excluding tert-OH is 3. The van der Waals surface area contributed by atoms with Crippen molar-refractivity contribution in [1.82, 2.24) is 14.7 Å². The van der Waals surface area contributed by atoms with E-state index in [1.54, 1.807) is 4.90 Å². The van der Waals surface area contributed by atoms with E-state index in [1.807, 2.05) is 25.7 Å². The number of carbonyl (C=O) groups excluding carboxylic acids is 3. The van der Waals surface area contributed by atoms with E-state index < -0.39 is 36.2 Å². The molecule has 0 spiro atoms. The average Bonchev–Trinajstić information content (AvgIpc) is 3.39. The second-order valence-corrected chi connectivity index (χ2v) is 20.3. The summed E-state index contributed by atoms with van der Waals surface area (Å²) in [5.74, 6) is -2.13. The number of rotatable bonds is 54. The molecule has 444 valence electrons. The molecule has 6 unspecified atom stereocenters. The number of nitrogens with zero attached hydrogens (tertiary/aromatic N) is 3. The first-order chi connectivity index (χ1) is 36.4. The van der Waals surface area contributed by atoms with Crippen molar-refractivity contribution in [3.8, 4) is 0 Å². The second kappa shape index (κ2) is 50.2. The van der Waals surface area contributed by atoms with Gasteiger partial charge in [-0.2, -0.15) is 0 Å². The summed E-state index contributed by atoms with van der Waals surface area (Å²) in [4.78, 5) is 44.3. The standard InChI is InChI=1S/C57H111N3O15/c1-7-10-13-22-37-67-49(4)70-40-25-16-19-28-43-73-55(64)52(61)46-59-34-31-58(32-35-59)33-36-60(47-53(62)56(65)74-44-29-20-17-26-41-71-50(5)68-38-23-14-11-8-2)48-54(63)57(66)75-45-30-21-18-27-42-72-51(6)69-39-24-15-12-9-3/h49-54,61-63H,7-48H2,1-6H3. The van der Waals surface area contributed by atoms with Crippen LogP contribution in [0.2, 0.25) is 0 Å². The molecule has 6 atom stereocenters. The Morgan fingerprint density at radius 3 is 0.960 bits per heavy atom. The summed E-state index contributed by atoms with van der Waals surface area (Å²) < 4.78 is 50.6. The fourth-order valence-corrected chi connectivity index (χ4v) is 8.40. The van der Waals surface area contributed by atoms with E-state index in [4.69, 9.17) is 42.6 Å². The van der Waals surface area contributed by atoms with Crippen molar-refractivity contribution >= 4 is 17.9 Å². The fourth-order valence-electron chi connectivity index (χ4n) is 8.40. The van der Waals surface area contributed by atoms with Crippen molar-refractivity contribution in [2.75, 3.05) is 118 Å². The lowest BCUT2D eigenvalue weighted by molar-refractivity contribution is -0.157. The molecule has 0 radical (unpaired) electrons. The van der Waals surface area contributed by atoms with Gasteiger partial charge >= 0.3 is 17.9 Å². The van der Waals surface area contributed by atoms with Crippen molar-refractivity contribution < 1.29 is 72.3 Å². The molecular formula is C57H111N3O15. The summed E-state index contributed by atoms with van der Waals surface area (Å²) in [6.07, 6.45) is 19.0. The smallest absolute Gasteiger partial charge is 0.336 e. The Hall–Kier alpha value is -2.07. The van der Waals surface area contributed by atoms with E-state index in [9.17, 15) is 29.7 Å². The van der Waals surface area contributed by atoms with Gasteiger partial charge in [0.15, 0.2) is 37.2 Å². The third kappa shape index (κ3) is 42.5. The van der Waals surface area contributed by atoms with E-state index in [0.717, 1.165) is 83.7 Å². The maximum absolute atomic E-state index is 12.9. The zero-order chi connectivity index (χ0) is 55.0. The van der Waals surface area contributed by atoms with Crippen molar-refractivity contribution in [3.05, 3.63) is 0 Å². The number of piperazine rings is 1. The van der Waals surface area contributed by atoms with Crippen LogP contribution in [-0.4, -0.2) is 203 Å². The molecule has 1 aliphatic heterocycles. The van der Waals surface area contributed by atoms with Crippen molar-refractivity contribution in [2.24, 2.45) is 0 Å². The predicted molar refractivity (Wildman–Crippen MR) is 292 cm³/mol. The normalized spacial score (nSPS) is 15.9. The molecule has 1 heterocycles. The van der Waals surface area contributed by atoms with Gasteiger partial charge in [0.05, 0.1) is 19.8 Å². The monoisotopic (exact) mass is 1080 g/mol. The lowest BCUT2D eigenvalue weighted by Crippen LogP contribution is -2.52. The molecule has 0 aromatic heterocycles.